The van der Waals surface area contributed by atoms with Gasteiger partial charge in [-0.25, -0.2) is 0 Å². The Morgan fingerprint density at radius 3 is 2.21 bits per heavy atom. The lowest BCUT2D eigenvalue weighted by Crippen LogP contribution is -2.34. The predicted molar refractivity (Wildman–Crippen MR) is 76.9 cm³/mol. The number of hydrogen-bond acceptors (Lipinski definition) is 2. The Labute approximate surface area is 114 Å². The topological polar surface area (TPSA) is 46.3 Å². The van der Waals surface area contributed by atoms with Crippen LogP contribution in [0.2, 0.25) is 0 Å². The van der Waals surface area contributed by atoms with E-state index >= 15 is 0 Å². The number of nitrogens with zero attached hydrogens (tertiary/aromatic N) is 1. The molecule has 102 valence electrons. The molecular formula is C16H22N2O. The first-order valence-corrected chi connectivity index (χ1v) is 7.28. The first kappa shape index (κ1) is 12.5. The Kier molecular flexibility index (Phi) is 3.21. The zero-order valence-electron chi connectivity index (χ0n) is 11.6. The van der Waals surface area contributed by atoms with E-state index in [1.165, 1.54) is 25.7 Å². The van der Waals surface area contributed by atoms with Crippen molar-refractivity contribution in [3.05, 3.63) is 29.3 Å². The van der Waals surface area contributed by atoms with E-state index < -0.39 is 0 Å². The normalized spacial score (nSPS) is 18.4. The second kappa shape index (κ2) is 4.87. The van der Waals surface area contributed by atoms with Gasteiger partial charge in [0, 0.05) is 24.3 Å². The molecule has 0 saturated heterocycles. The Morgan fingerprint density at radius 1 is 1.16 bits per heavy atom. The van der Waals surface area contributed by atoms with Crippen LogP contribution in [0.15, 0.2) is 18.2 Å². The zero-order chi connectivity index (χ0) is 13.4. The zero-order valence-corrected chi connectivity index (χ0v) is 11.6. The third kappa shape index (κ3) is 3.28. The second-order valence-corrected chi connectivity index (χ2v) is 6.23. The van der Waals surface area contributed by atoms with Crippen LogP contribution >= 0.6 is 0 Å². The van der Waals surface area contributed by atoms with Gasteiger partial charge in [0.2, 0.25) is 0 Å². The van der Waals surface area contributed by atoms with E-state index in [4.69, 9.17) is 5.73 Å². The number of rotatable bonds is 5. The number of anilines is 1. The number of carbonyl (C=O) groups is 1. The first-order chi connectivity index (χ1) is 9.11. The van der Waals surface area contributed by atoms with E-state index in [1.54, 1.807) is 0 Å². The van der Waals surface area contributed by atoms with Crippen LogP contribution in [-0.4, -0.2) is 23.9 Å². The minimum Gasteiger partial charge on any atom is -0.399 e. The third-order valence-electron chi connectivity index (χ3n) is 3.98. The van der Waals surface area contributed by atoms with Gasteiger partial charge in [-0.05, 0) is 68.2 Å². The molecule has 3 rings (SSSR count). The van der Waals surface area contributed by atoms with Gasteiger partial charge in [0.1, 0.15) is 0 Å². The third-order valence-corrected chi connectivity index (χ3v) is 3.98. The van der Waals surface area contributed by atoms with E-state index in [-0.39, 0.29) is 5.91 Å². The number of nitrogens with two attached hydrogens (primary N) is 1. The Bertz CT molecular complexity index is 455. The molecule has 1 aromatic carbocycles. The number of benzene rings is 1. The SMILES string of the molecule is Cc1cc(N)cc(C(=O)N(CC2CC2)CC2CC2)c1. The molecule has 0 radical (unpaired) electrons. The minimum atomic E-state index is 0.161. The summed E-state index contributed by atoms with van der Waals surface area (Å²) in [6.45, 7) is 3.85. The molecule has 0 atom stereocenters. The van der Waals surface area contributed by atoms with E-state index in [0.29, 0.717) is 5.69 Å². The van der Waals surface area contributed by atoms with Crippen LogP contribution in [0.5, 0.6) is 0 Å². The molecular weight excluding hydrogens is 236 g/mol. The number of carbonyl (C=O) groups excluding carboxylic acids is 1. The number of hydrogen-bond donors (Lipinski definition) is 1. The Balaban J connectivity index is 1.76. The fraction of sp³-hybridized carbons (Fsp3) is 0.562. The van der Waals surface area contributed by atoms with Crippen LogP contribution in [-0.2, 0) is 0 Å². The van der Waals surface area contributed by atoms with Gasteiger partial charge in [0.05, 0.1) is 0 Å². The van der Waals surface area contributed by atoms with Gasteiger partial charge >= 0.3 is 0 Å². The molecule has 1 aromatic rings. The summed E-state index contributed by atoms with van der Waals surface area (Å²) >= 11 is 0. The van der Waals surface area contributed by atoms with Crippen molar-refractivity contribution in [2.45, 2.75) is 32.6 Å². The van der Waals surface area contributed by atoms with E-state index in [1.807, 2.05) is 25.1 Å². The van der Waals surface area contributed by atoms with Gasteiger partial charge < -0.3 is 10.6 Å². The number of aryl methyl sites for hydroxylation is 1. The van der Waals surface area contributed by atoms with Crippen molar-refractivity contribution in [2.75, 3.05) is 18.8 Å². The molecule has 0 heterocycles. The molecule has 2 N–H and O–H groups in total. The highest BCUT2D eigenvalue weighted by Crippen LogP contribution is 2.34. The molecule has 0 bridgehead atoms. The van der Waals surface area contributed by atoms with Crippen molar-refractivity contribution in [1.82, 2.24) is 4.90 Å². The summed E-state index contributed by atoms with van der Waals surface area (Å²) in [5.74, 6) is 1.64. The fourth-order valence-corrected chi connectivity index (χ4v) is 2.58. The van der Waals surface area contributed by atoms with Crippen molar-refractivity contribution in [1.29, 1.82) is 0 Å². The number of nitrogen functional groups attached to an aromatic ring is 1. The van der Waals surface area contributed by atoms with Crippen LogP contribution in [0, 0.1) is 18.8 Å². The van der Waals surface area contributed by atoms with Crippen LogP contribution in [0.25, 0.3) is 0 Å². The molecule has 2 aliphatic carbocycles. The highest BCUT2D eigenvalue weighted by atomic mass is 16.2. The summed E-state index contributed by atoms with van der Waals surface area (Å²) in [6, 6.07) is 5.66. The lowest BCUT2D eigenvalue weighted by atomic mass is 10.1. The maximum Gasteiger partial charge on any atom is 0.253 e. The second-order valence-electron chi connectivity index (χ2n) is 6.23. The highest BCUT2D eigenvalue weighted by molar-refractivity contribution is 5.95. The highest BCUT2D eigenvalue weighted by Gasteiger charge is 2.31. The average Bonchev–Trinajstić information content (AvgIpc) is 3.20. The van der Waals surface area contributed by atoms with Gasteiger partial charge in [-0.15, -0.1) is 0 Å². The molecule has 0 spiro atoms. The van der Waals surface area contributed by atoms with Gasteiger partial charge in [0.25, 0.3) is 5.91 Å². The molecule has 3 nitrogen and oxygen atoms in total. The maximum atomic E-state index is 12.6. The summed E-state index contributed by atoms with van der Waals surface area (Å²) in [5, 5.41) is 0. The first-order valence-electron chi connectivity index (χ1n) is 7.28. The molecule has 0 unspecified atom stereocenters. The maximum absolute atomic E-state index is 12.6. The lowest BCUT2D eigenvalue weighted by Gasteiger charge is -2.23. The van der Waals surface area contributed by atoms with Gasteiger partial charge in [0.15, 0.2) is 0 Å². The molecule has 19 heavy (non-hydrogen) atoms. The van der Waals surface area contributed by atoms with E-state index in [0.717, 1.165) is 36.1 Å². The molecule has 2 aliphatic rings. The van der Waals surface area contributed by atoms with Crippen LogP contribution in [0.4, 0.5) is 5.69 Å². The van der Waals surface area contributed by atoms with E-state index in [9.17, 15) is 4.79 Å². The van der Waals surface area contributed by atoms with Crippen molar-refractivity contribution in [3.63, 3.8) is 0 Å². The largest absolute Gasteiger partial charge is 0.399 e. The Hall–Kier alpha value is -1.51. The predicted octanol–water partition coefficient (Wildman–Crippen LogP) is 2.84. The van der Waals surface area contributed by atoms with Crippen molar-refractivity contribution >= 4 is 11.6 Å². The molecule has 0 aliphatic heterocycles. The molecule has 2 saturated carbocycles. The quantitative estimate of drug-likeness (QED) is 0.825. The average molecular weight is 258 g/mol. The Morgan fingerprint density at radius 2 is 1.74 bits per heavy atom. The summed E-state index contributed by atoms with van der Waals surface area (Å²) in [5.41, 5.74) is 8.34. The summed E-state index contributed by atoms with van der Waals surface area (Å²) < 4.78 is 0. The molecule has 1 amide bonds. The van der Waals surface area contributed by atoms with E-state index in [2.05, 4.69) is 4.90 Å². The number of amides is 1. The molecule has 0 aromatic heterocycles. The van der Waals surface area contributed by atoms with Crippen LogP contribution in [0.1, 0.15) is 41.6 Å². The van der Waals surface area contributed by atoms with Gasteiger partial charge in [-0.3, -0.25) is 4.79 Å². The van der Waals surface area contributed by atoms with Crippen LogP contribution < -0.4 is 5.73 Å². The summed E-state index contributed by atoms with van der Waals surface area (Å²) in [7, 11) is 0. The molecule has 2 fully saturated rings. The molecule has 3 heteroatoms. The van der Waals surface area contributed by atoms with Gasteiger partial charge in [-0.1, -0.05) is 0 Å². The monoisotopic (exact) mass is 258 g/mol. The fourth-order valence-electron chi connectivity index (χ4n) is 2.58. The van der Waals surface area contributed by atoms with Crippen LogP contribution in [0.3, 0.4) is 0 Å². The summed E-state index contributed by atoms with van der Waals surface area (Å²) in [4.78, 5) is 14.7. The lowest BCUT2D eigenvalue weighted by molar-refractivity contribution is 0.0739. The van der Waals surface area contributed by atoms with Crippen molar-refractivity contribution in [3.8, 4) is 0 Å². The van der Waals surface area contributed by atoms with Crippen molar-refractivity contribution < 1.29 is 4.79 Å². The smallest absolute Gasteiger partial charge is 0.253 e. The minimum absolute atomic E-state index is 0.161. The van der Waals surface area contributed by atoms with Gasteiger partial charge in [-0.2, -0.15) is 0 Å². The summed E-state index contributed by atoms with van der Waals surface area (Å²) in [6.07, 6.45) is 5.13. The van der Waals surface area contributed by atoms with Crippen molar-refractivity contribution in [2.24, 2.45) is 11.8 Å². The standard InChI is InChI=1S/C16H22N2O/c1-11-6-14(8-15(17)7-11)16(19)18(9-12-2-3-12)10-13-4-5-13/h6-8,12-13H,2-5,9-10,17H2,1H3.